The number of hydrogen-bond acceptors (Lipinski definition) is 2. The molecule has 166 valence electrons. The molecule has 0 unspecified atom stereocenters. The molecule has 5 rings (SSSR count). The summed E-state index contributed by atoms with van der Waals surface area (Å²) in [5.74, 6) is -0.477. The molecule has 1 spiro atoms. The van der Waals surface area contributed by atoms with Crippen LogP contribution in [0.5, 0.6) is 0 Å². The fourth-order valence-corrected chi connectivity index (χ4v) is 5.63. The van der Waals surface area contributed by atoms with E-state index in [-0.39, 0.29) is 23.5 Å². The van der Waals surface area contributed by atoms with E-state index in [0.717, 1.165) is 23.9 Å². The molecule has 0 radical (unpaired) electrons. The van der Waals surface area contributed by atoms with Gasteiger partial charge in [-0.25, -0.2) is 4.39 Å². The van der Waals surface area contributed by atoms with Crippen molar-refractivity contribution in [1.82, 2.24) is 14.8 Å². The third-order valence-electron chi connectivity index (χ3n) is 7.18. The van der Waals surface area contributed by atoms with Gasteiger partial charge in [0.05, 0.1) is 5.54 Å². The summed E-state index contributed by atoms with van der Waals surface area (Å²) in [6.07, 6.45) is 5.13. The molecular formula is C26H28FN3O2. The van der Waals surface area contributed by atoms with Crippen LogP contribution in [0.15, 0.2) is 54.7 Å². The molecule has 2 atom stereocenters. The number of para-hydroxylation sites is 1. The molecule has 1 aromatic heterocycles. The van der Waals surface area contributed by atoms with Crippen LogP contribution in [-0.2, 0) is 23.1 Å². The van der Waals surface area contributed by atoms with Gasteiger partial charge in [-0.05, 0) is 42.5 Å². The second-order valence-corrected chi connectivity index (χ2v) is 9.19. The van der Waals surface area contributed by atoms with Gasteiger partial charge in [-0.2, -0.15) is 0 Å². The van der Waals surface area contributed by atoms with Gasteiger partial charge in [-0.1, -0.05) is 36.4 Å². The van der Waals surface area contributed by atoms with Gasteiger partial charge in [0, 0.05) is 56.0 Å². The molecule has 3 aromatic rings. The summed E-state index contributed by atoms with van der Waals surface area (Å²) >= 11 is 0. The molecular weight excluding hydrogens is 405 g/mol. The van der Waals surface area contributed by atoms with Gasteiger partial charge in [0.15, 0.2) is 0 Å². The summed E-state index contributed by atoms with van der Waals surface area (Å²) in [6, 6.07) is 14.9. The lowest BCUT2D eigenvalue weighted by molar-refractivity contribution is -0.131. The number of amides is 2. The van der Waals surface area contributed by atoms with E-state index < -0.39 is 5.54 Å². The number of halogens is 1. The Hall–Kier alpha value is -3.15. The molecule has 1 N–H and O–H groups in total. The van der Waals surface area contributed by atoms with E-state index in [9.17, 15) is 14.0 Å². The van der Waals surface area contributed by atoms with Gasteiger partial charge in [0.25, 0.3) is 0 Å². The van der Waals surface area contributed by atoms with E-state index in [1.54, 1.807) is 12.1 Å². The number of aromatic nitrogens is 1. The zero-order valence-electron chi connectivity index (χ0n) is 18.3. The van der Waals surface area contributed by atoms with E-state index in [1.807, 2.05) is 30.1 Å². The fraction of sp³-hybridized carbons (Fsp3) is 0.385. The van der Waals surface area contributed by atoms with E-state index in [1.165, 1.54) is 11.5 Å². The zero-order chi connectivity index (χ0) is 22.3. The van der Waals surface area contributed by atoms with E-state index in [2.05, 4.69) is 28.2 Å². The normalized spacial score (nSPS) is 23.1. The Labute approximate surface area is 187 Å². The lowest BCUT2D eigenvalue weighted by atomic mass is 9.76. The van der Waals surface area contributed by atoms with Crippen LogP contribution in [-0.4, -0.2) is 39.9 Å². The molecule has 2 aliphatic heterocycles. The maximum atomic E-state index is 14.7. The second-order valence-electron chi connectivity index (χ2n) is 9.19. The van der Waals surface area contributed by atoms with Crippen LogP contribution in [0.25, 0.3) is 10.9 Å². The first-order valence-corrected chi connectivity index (χ1v) is 11.3. The van der Waals surface area contributed by atoms with Crippen LogP contribution in [0, 0.1) is 5.82 Å². The van der Waals surface area contributed by atoms with E-state index in [0.29, 0.717) is 37.9 Å². The molecule has 2 fully saturated rings. The Kier molecular flexibility index (Phi) is 5.24. The number of carbonyl (C=O) groups excluding carboxylic acids is 2. The van der Waals surface area contributed by atoms with Gasteiger partial charge in [-0.15, -0.1) is 0 Å². The van der Waals surface area contributed by atoms with Crippen LogP contribution < -0.4 is 5.32 Å². The third-order valence-corrected chi connectivity index (χ3v) is 7.18. The van der Waals surface area contributed by atoms with Crippen molar-refractivity contribution in [1.29, 1.82) is 0 Å². The first kappa shape index (κ1) is 20.7. The molecule has 0 bridgehead atoms. The number of fused-ring (bicyclic) bond motifs is 1. The average Bonchev–Trinajstić information content (AvgIpc) is 3.30. The number of piperidine rings is 1. The van der Waals surface area contributed by atoms with Gasteiger partial charge < -0.3 is 14.8 Å². The molecule has 2 saturated heterocycles. The maximum Gasteiger partial charge on any atom is 0.223 e. The topological polar surface area (TPSA) is 54.3 Å². The molecule has 5 nitrogen and oxygen atoms in total. The molecule has 6 heteroatoms. The van der Waals surface area contributed by atoms with E-state index >= 15 is 0 Å². The number of likely N-dealkylation sites (tertiary alicyclic amines) is 1. The van der Waals surface area contributed by atoms with E-state index in [4.69, 9.17) is 0 Å². The van der Waals surface area contributed by atoms with Crippen LogP contribution in [0.1, 0.15) is 42.7 Å². The summed E-state index contributed by atoms with van der Waals surface area (Å²) in [4.78, 5) is 27.4. The summed E-state index contributed by atoms with van der Waals surface area (Å²) in [6.45, 7) is 0.863. The standard InChI is InChI=1S/C26H28FN3O2/c1-29-15-18(19-7-3-5-10-23(19)29)12-13-25(32)30-16-21(20-8-2-4-9-22(20)27)26(17-30)14-6-11-24(31)28-26/h2-5,7-10,15,21H,6,11-14,16-17H2,1H3,(H,28,31)/t21-,26+/m0/s1. The number of benzene rings is 2. The predicted molar refractivity (Wildman–Crippen MR) is 122 cm³/mol. The van der Waals surface area contributed by atoms with Crippen LogP contribution >= 0.6 is 0 Å². The van der Waals surface area contributed by atoms with Crippen molar-refractivity contribution >= 4 is 22.7 Å². The number of rotatable bonds is 4. The highest BCUT2D eigenvalue weighted by atomic mass is 19.1. The lowest BCUT2D eigenvalue weighted by Gasteiger charge is -2.39. The van der Waals surface area contributed by atoms with Crippen LogP contribution in [0.2, 0.25) is 0 Å². The van der Waals surface area contributed by atoms with Crippen molar-refractivity contribution in [2.45, 2.75) is 43.6 Å². The van der Waals surface area contributed by atoms with Crippen molar-refractivity contribution < 1.29 is 14.0 Å². The van der Waals surface area contributed by atoms with Crippen molar-refractivity contribution in [3.05, 3.63) is 71.7 Å². The monoisotopic (exact) mass is 433 g/mol. The molecule has 2 aliphatic rings. The highest BCUT2D eigenvalue weighted by Crippen LogP contribution is 2.42. The van der Waals surface area contributed by atoms with Crippen LogP contribution in [0.4, 0.5) is 4.39 Å². The number of nitrogens with one attached hydrogen (secondary N) is 1. The quantitative estimate of drug-likeness (QED) is 0.678. The molecule has 3 heterocycles. The first-order chi connectivity index (χ1) is 15.5. The third kappa shape index (κ3) is 3.57. The SMILES string of the molecule is Cn1cc(CCC(=O)N2C[C@@H](c3ccccc3F)[C@@]3(CCCC(=O)N3)C2)c2ccccc21. The highest BCUT2D eigenvalue weighted by molar-refractivity contribution is 5.85. The molecule has 2 amide bonds. The average molecular weight is 434 g/mol. The van der Waals surface area contributed by atoms with Crippen molar-refractivity contribution in [2.75, 3.05) is 13.1 Å². The van der Waals surface area contributed by atoms with Gasteiger partial charge in [0.1, 0.15) is 5.82 Å². The Morgan fingerprint density at radius 3 is 2.78 bits per heavy atom. The molecule has 32 heavy (non-hydrogen) atoms. The van der Waals surface area contributed by atoms with Crippen LogP contribution in [0.3, 0.4) is 0 Å². The first-order valence-electron chi connectivity index (χ1n) is 11.3. The summed E-state index contributed by atoms with van der Waals surface area (Å²) in [7, 11) is 2.02. The summed E-state index contributed by atoms with van der Waals surface area (Å²) < 4.78 is 16.8. The predicted octanol–water partition coefficient (Wildman–Crippen LogP) is 3.91. The van der Waals surface area contributed by atoms with Gasteiger partial charge in [-0.3, -0.25) is 9.59 Å². The molecule has 2 aromatic carbocycles. The van der Waals surface area contributed by atoms with Crippen molar-refractivity contribution in [3.63, 3.8) is 0 Å². The number of carbonyl (C=O) groups is 2. The Bertz CT molecular complexity index is 1190. The Morgan fingerprint density at radius 1 is 1.19 bits per heavy atom. The number of hydrogen-bond donors (Lipinski definition) is 1. The minimum absolute atomic E-state index is 0.0114. The summed E-state index contributed by atoms with van der Waals surface area (Å²) in [5, 5.41) is 4.32. The highest BCUT2D eigenvalue weighted by Gasteiger charge is 2.51. The van der Waals surface area contributed by atoms with Gasteiger partial charge in [0.2, 0.25) is 11.8 Å². The fourth-order valence-electron chi connectivity index (χ4n) is 5.63. The second kappa shape index (κ2) is 8.08. The van der Waals surface area contributed by atoms with Crippen molar-refractivity contribution in [2.24, 2.45) is 7.05 Å². The zero-order valence-corrected chi connectivity index (χ0v) is 18.3. The lowest BCUT2D eigenvalue weighted by Crippen LogP contribution is -2.56. The minimum Gasteiger partial charge on any atom is -0.350 e. The van der Waals surface area contributed by atoms with Gasteiger partial charge >= 0.3 is 0 Å². The smallest absolute Gasteiger partial charge is 0.223 e. The molecule has 0 saturated carbocycles. The number of nitrogens with zero attached hydrogens (tertiary/aromatic N) is 2. The van der Waals surface area contributed by atoms with Crippen molar-refractivity contribution in [3.8, 4) is 0 Å². The molecule has 0 aliphatic carbocycles. The minimum atomic E-state index is -0.591. The number of aryl methyl sites for hydroxylation is 2. The summed E-state index contributed by atoms with van der Waals surface area (Å²) in [5.41, 5.74) is 2.30. The maximum absolute atomic E-state index is 14.7. The Morgan fingerprint density at radius 2 is 1.97 bits per heavy atom. The largest absolute Gasteiger partial charge is 0.350 e. The Balaban J connectivity index is 1.37.